The van der Waals surface area contributed by atoms with Crippen molar-refractivity contribution in [3.05, 3.63) is 71.7 Å². The van der Waals surface area contributed by atoms with Gasteiger partial charge in [-0.05, 0) is 42.9 Å². The number of piperidine rings is 1. The largest absolute Gasteiger partial charge is 0.346 e. The summed E-state index contributed by atoms with van der Waals surface area (Å²) in [5, 5.41) is 7.65. The standard InChI is InChI=1S/C23H27N5O/c1-3-7-20-21(15-25-22(20)24-2)17-10-12-27(13-11-17)23(29)18-14-26-28(16-18)19-8-5-4-6-9-19/h4-9,14-17H,3,10-13H2,1-2H3,(H,24,25)/b20-7-. The monoisotopic (exact) mass is 389 g/mol. The van der Waals surface area contributed by atoms with E-state index in [1.165, 1.54) is 11.1 Å². The van der Waals surface area contributed by atoms with Crippen molar-refractivity contribution in [2.75, 3.05) is 20.1 Å². The van der Waals surface area contributed by atoms with Crippen molar-refractivity contribution in [3.8, 4) is 5.69 Å². The van der Waals surface area contributed by atoms with Crippen LogP contribution < -0.4 is 5.32 Å². The van der Waals surface area contributed by atoms with E-state index < -0.39 is 0 Å². The van der Waals surface area contributed by atoms with Gasteiger partial charge >= 0.3 is 0 Å². The minimum atomic E-state index is 0.0595. The van der Waals surface area contributed by atoms with Crippen molar-refractivity contribution < 1.29 is 4.79 Å². The Labute approximate surface area is 171 Å². The normalized spacial score (nSPS) is 20.2. The van der Waals surface area contributed by atoms with Gasteiger partial charge in [0.2, 0.25) is 0 Å². The van der Waals surface area contributed by atoms with Gasteiger partial charge in [-0.1, -0.05) is 31.2 Å². The third kappa shape index (κ3) is 3.88. The quantitative estimate of drug-likeness (QED) is 0.869. The third-order valence-corrected chi connectivity index (χ3v) is 5.63. The second-order valence-electron chi connectivity index (χ2n) is 7.42. The average Bonchev–Trinajstić information content (AvgIpc) is 3.42. The molecule has 4 rings (SSSR count). The van der Waals surface area contributed by atoms with Gasteiger partial charge in [0.15, 0.2) is 0 Å². The Morgan fingerprint density at radius 3 is 2.72 bits per heavy atom. The molecule has 0 radical (unpaired) electrons. The number of carbonyl (C=O) groups excluding carboxylic acids is 1. The van der Waals surface area contributed by atoms with Gasteiger partial charge in [0.25, 0.3) is 5.91 Å². The Hall–Kier alpha value is -3.15. The molecule has 150 valence electrons. The maximum absolute atomic E-state index is 13.0. The van der Waals surface area contributed by atoms with Crippen molar-refractivity contribution in [3.63, 3.8) is 0 Å². The lowest BCUT2D eigenvalue weighted by molar-refractivity contribution is 0.0703. The first-order valence-electron chi connectivity index (χ1n) is 10.2. The predicted molar refractivity (Wildman–Crippen MR) is 115 cm³/mol. The lowest BCUT2D eigenvalue weighted by Gasteiger charge is -2.32. The summed E-state index contributed by atoms with van der Waals surface area (Å²) in [6, 6.07) is 9.85. The van der Waals surface area contributed by atoms with Crippen LogP contribution in [0.25, 0.3) is 5.69 Å². The number of amides is 1. The Kier molecular flexibility index (Phi) is 5.60. The van der Waals surface area contributed by atoms with Gasteiger partial charge in [-0.3, -0.25) is 9.79 Å². The number of para-hydroxylation sites is 1. The molecule has 0 spiro atoms. The van der Waals surface area contributed by atoms with Crippen molar-refractivity contribution in [2.45, 2.75) is 26.2 Å². The first-order valence-corrected chi connectivity index (χ1v) is 10.2. The molecular weight excluding hydrogens is 362 g/mol. The van der Waals surface area contributed by atoms with E-state index in [9.17, 15) is 4.79 Å². The minimum absolute atomic E-state index is 0.0595. The van der Waals surface area contributed by atoms with Crippen molar-refractivity contribution >= 4 is 11.7 Å². The number of rotatable bonds is 4. The highest BCUT2D eigenvalue weighted by atomic mass is 16.2. The van der Waals surface area contributed by atoms with Crippen LogP contribution >= 0.6 is 0 Å². The maximum atomic E-state index is 13.0. The highest BCUT2D eigenvalue weighted by Crippen LogP contribution is 2.32. The fraction of sp³-hybridized carbons (Fsp3) is 0.348. The number of nitrogens with one attached hydrogen (secondary N) is 1. The molecule has 0 saturated carbocycles. The van der Waals surface area contributed by atoms with Gasteiger partial charge in [-0.15, -0.1) is 0 Å². The fourth-order valence-corrected chi connectivity index (χ4v) is 4.11. The summed E-state index contributed by atoms with van der Waals surface area (Å²) in [6.45, 7) is 3.66. The Balaban J connectivity index is 1.41. The van der Waals surface area contributed by atoms with Gasteiger partial charge in [0, 0.05) is 38.1 Å². The van der Waals surface area contributed by atoms with Crippen LogP contribution in [0.3, 0.4) is 0 Å². The van der Waals surface area contributed by atoms with Crippen LogP contribution in [0.2, 0.25) is 0 Å². The summed E-state index contributed by atoms with van der Waals surface area (Å²) in [6.07, 6.45) is 10.7. The molecule has 1 fully saturated rings. The number of aliphatic imine (C=N–C) groups is 1. The molecule has 29 heavy (non-hydrogen) atoms. The summed E-state index contributed by atoms with van der Waals surface area (Å²) >= 11 is 0. The number of likely N-dealkylation sites (tertiary alicyclic amines) is 1. The number of allylic oxidation sites excluding steroid dienone is 1. The molecule has 1 saturated heterocycles. The predicted octanol–water partition coefficient (Wildman–Crippen LogP) is 3.58. The minimum Gasteiger partial charge on any atom is -0.346 e. The van der Waals surface area contributed by atoms with E-state index in [0.717, 1.165) is 43.9 Å². The molecule has 0 bridgehead atoms. The van der Waals surface area contributed by atoms with E-state index in [4.69, 9.17) is 0 Å². The zero-order chi connectivity index (χ0) is 20.2. The molecular formula is C23H27N5O. The van der Waals surface area contributed by atoms with E-state index in [0.29, 0.717) is 11.5 Å². The van der Waals surface area contributed by atoms with Crippen molar-refractivity contribution in [1.82, 2.24) is 20.0 Å². The lowest BCUT2D eigenvalue weighted by atomic mass is 9.85. The van der Waals surface area contributed by atoms with Crippen LogP contribution in [-0.4, -0.2) is 46.6 Å². The molecule has 3 heterocycles. The van der Waals surface area contributed by atoms with Crippen LogP contribution in [0.15, 0.2) is 71.1 Å². The molecule has 1 aromatic heterocycles. The Morgan fingerprint density at radius 2 is 2.03 bits per heavy atom. The van der Waals surface area contributed by atoms with Gasteiger partial charge < -0.3 is 10.2 Å². The summed E-state index contributed by atoms with van der Waals surface area (Å²) in [4.78, 5) is 19.3. The number of aromatic nitrogens is 2. The molecule has 0 unspecified atom stereocenters. The van der Waals surface area contributed by atoms with Crippen LogP contribution in [0.1, 0.15) is 36.5 Å². The van der Waals surface area contributed by atoms with Gasteiger partial charge in [-0.2, -0.15) is 5.10 Å². The SMILES string of the molecule is CC/C=C1/C(C2CCN(C(=O)c3cnn(-c4ccccc4)c3)CC2)=CNC1=NC. The summed E-state index contributed by atoms with van der Waals surface area (Å²) in [7, 11) is 1.82. The Bertz CT molecular complexity index is 962. The number of hydrogen-bond donors (Lipinski definition) is 1. The molecule has 0 atom stereocenters. The molecule has 2 aliphatic heterocycles. The molecule has 6 nitrogen and oxygen atoms in total. The molecule has 1 amide bonds. The summed E-state index contributed by atoms with van der Waals surface area (Å²) in [5.41, 5.74) is 4.15. The number of hydrogen-bond acceptors (Lipinski definition) is 3. The average molecular weight is 390 g/mol. The number of carbonyl (C=O) groups is 1. The zero-order valence-corrected chi connectivity index (χ0v) is 17.0. The van der Waals surface area contributed by atoms with Gasteiger partial charge in [-0.25, -0.2) is 4.68 Å². The van der Waals surface area contributed by atoms with E-state index in [2.05, 4.69) is 34.6 Å². The molecule has 2 aromatic rings. The second kappa shape index (κ2) is 8.47. The van der Waals surface area contributed by atoms with Crippen LogP contribution in [0.5, 0.6) is 0 Å². The molecule has 6 heteroatoms. The van der Waals surface area contributed by atoms with Crippen molar-refractivity contribution in [2.24, 2.45) is 10.9 Å². The molecule has 0 aliphatic carbocycles. The first-order chi connectivity index (χ1) is 14.2. The number of benzene rings is 1. The third-order valence-electron chi connectivity index (χ3n) is 5.63. The molecule has 2 aliphatic rings. The van der Waals surface area contributed by atoms with E-state index in [1.54, 1.807) is 10.9 Å². The van der Waals surface area contributed by atoms with Crippen LogP contribution in [-0.2, 0) is 0 Å². The summed E-state index contributed by atoms with van der Waals surface area (Å²) in [5.74, 6) is 1.47. The van der Waals surface area contributed by atoms with E-state index in [-0.39, 0.29) is 5.91 Å². The van der Waals surface area contributed by atoms with Crippen LogP contribution in [0, 0.1) is 5.92 Å². The molecule has 1 N–H and O–H groups in total. The second-order valence-corrected chi connectivity index (χ2v) is 7.42. The zero-order valence-electron chi connectivity index (χ0n) is 17.0. The highest BCUT2D eigenvalue weighted by Gasteiger charge is 2.30. The fourth-order valence-electron chi connectivity index (χ4n) is 4.11. The lowest BCUT2D eigenvalue weighted by Crippen LogP contribution is -2.38. The van der Waals surface area contributed by atoms with Gasteiger partial charge in [0.05, 0.1) is 17.4 Å². The Morgan fingerprint density at radius 1 is 1.28 bits per heavy atom. The van der Waals surface area contributed by atoms with Gasteiger partial charge in [0.1, 0.15) is 5.84 Å². The number of nitrogens with zero attached hydrogens (tertiary/aromatic N) is 4. The van der Waals surface area contributed by atoms with E-state index >= 15 is 0 Å². The highest BCUT2D eigenvalue weighted by molar-refractivity contribution is 6.05. The molecule has 1 aromatic carbocycles. The van der Waals surface area contributed by atoms with Crippen LogP contribution in [0.4, 0.5) is 0 Å². The first kappa shape index (κ1) is 19.2. The smallest absolute Gasteiger partial charge is 0.257 e. The summed E-state index contributed by atoms with van der Waals surface area (Å²) < 4.78 is 1.75. The maximum Gasteiger partial charge on any atom is 0.257 e. The number of amidine groups is 1. The van der Waals surface area contributed by atoms with E-state index in [1.807, 2.05) is 48.5 Å². The van der Waals surface area contributed by atoms with Crippen molar-refractivity contribution in [1.29, 1.82) is 0 Å². The topological polar surface area (TPSA) is 62.5 Å².